The van der Waals surface area contributed by atoms with E-state index in [1.165, 1.54) is 12.1 Å². The van der Waals surface area contributed by atoms with Gasteiger partial charge in [0.05, 0.1) is 4.92 Å². The Morgan fingerprint density at radius 1 is 1.10 bits per heavy atom. The molecule has 8 nitrogen and oxygen atoms in total. The Balaban J connectivity index is 2.13. The van der Waals surface area contributed by atoms with Crippen LogP contribution in [-0.2, 0) is 22.5 Å². The molecule has 0 aromatic heterocycles. The van der Waals surface area contributed by atoms with Gasteiger partial charge < -0.3 is 15.4 Å². The summed E-state index contributed by atoms with van der Waals surface area (Å²) in [6.45, 7) is 7.43. The molecule has 0 aliphatic rings. The molecular formula is C22H27N3O5. The van der Waals surface area contributed by atoms with Crippen molar-refractivity contribution in [1.29, 1.82) is 0 Å². The third-order valence-electron chi connectivity index (χ3n) is 4.16. The van der Waals surface area contributed by atoms with E-state index in [-0.39, 0.29) is 12.1 Å². The van der Waals surface area contributed by atoms with Crippen LogP contribution in [0.5, 0.6) is 0 Å². The molecule has 2 aromatic rings. The maximum Gasteiger partial charge on any atom is 0.408 e. The van der Waals surface area contributed by atoms with Crippen LogP contribution in [0.1, 0.15) is 37.5 Å². The zero-order valence-electron chi connectivity index (χ0n) is 17.6. The fourth-order valence-corrected chi connectivity index (χ4v) is 2.71. The minimum absolute atomic E-state index is 0.0800. The van der Waals surface area contributed by atoms with Gasteiger partial charge in [-0.15, -0.1) is 0 Å². The molecule has 0 fully saturated rings. The first-order valence-corrected chi connectivity index (χ1v) is 9.59. The van der Waals surface area contributed by atoms with E-state index in [0.29, 0.717) is 12.1 Å². The third-order valence-corrected chi connectivity index (χ3v) is 4.16. The number of hydrogen-bond donors (Lipinski definition) is 2. The average molecular weight is 413 g/mol. The molecule has 8 heteroatoms. The molecule has 0 bridgehead atoms. The van der Waals surface area contributed by atoms with Crippen LogP contribution in [0.4, 0.5) is 10.5 Å². The van der Waals surface area contributed by atoms with Gasteiger partial charge in [0, 0.05) is 25.1 Å². The van der Waals surface area contributed by atoms with Gasteiger partial charge in [0.15, 0.2) is 0 Å². The smallest absolute Gasteiger partial charge is 0.408 e. The summed E-state index contributed by atoms with van der Waals surface area (Å²) < 4.78 is 5.26. The Bertz CT molecular complexity index is 904. The van der Waals surface area contributed by atoms with Gasteiger partial charge in [-0.3, -0.25) is 14.9 Å². The lowest BCUT2D eigenvalue weighted by Crippen LogP contribution is -2.49. The monoisotopic (exact) mass is 413 g/mol. The molecule has 2 aromatic carbocycles. The third kappa shape index (κ3) is 7.54. The van der Waals surface area contributed by atoms with Crippen LogP contribution in [0.15, 0.2) is 48.5 Å². The van der Waals surface area contributed by atoms with E-state index in [0.717, 1.165) is 11.1 Å². The summed E-state index contributed by atoms with van der Waals surface area (Å²) in [6, 6.07) is 12.7. The van der Waals surface area contributed by atoms with E-state index in [1.807, 2.05) is 31.2 Å². The highest BCUT2D eigenvalue weighted by molar-refractivity contribution is 5.86. The van der Waals surface area contributed by atoms with Crippen LogP contribution >= 0.6 is 0 Å². The first-order chi connectivity index (χ1) is 14.0. The number of benzene rings is 2. The molecule has 2 rings (SSSR count). The molecule has 0 saturated heterocycles. The van der Waals surface area contributed by atoms with Crippen LogP contribution in [0.2, 0.25) is 0 Å². The molecule has 0 heterocycles. The van der Waals surface area contributed by atoms with Crippen molar-refractivity contribution in [2.75, 3.05) is 0 Å². The maximum atomic E-state index is 12.8. The minimum atomic E-state index is -0.952. The highest BCUT2D eigenvalue weighted by Crippen LogP contribution is 2.15. The van der Waals surface area contributed by atoms with E-state index in [4.69, 9.17) is 4.74 Å². The van der Waals surface area contributed by atoms with Crippen LogP contribution in [0.3, 0.4) is 0 Å². The number of nitro benzene ring substituents is 1. The van der Waals surface area contributed by atoms with Crippen molar-refractivity contribution in [3.8, 4) is 0 Å². The van der Waals surface area contributed by atoms with Gasteiger partial charge in [0.2, 0.25) is 5.91 Å². The van der Waals surface area contributed by atoms with Gasteiger partial charge in [-0.05, 0) is 38.8 Å². The fourth-order valence-electron chi connectivity index (χ4n) is 2.71. The topological polar surface area (TPSA) is 111 Å². The summed E-state index contributed by atoms with van der Waals surface area (Å²) in [7, 11) is 0. The largest absolute Gasteiger partial charge is 0.444 e. The number of rotatable bonds is 7. The molecule has 0 aliphatic heterocycles. The van der Waals surface area contributed by atoms with Gasteiger partial charge in [-0.1, -0.05) is 42.0 Å². The highest BCUT2D eigenvalue weighted by atomic mass is 16.6. The molecule has 30 heavy (non-hydrogen) atoms. The van der Waals surface area contributed by atoms with E-state index in [2.05, 4.69) is 10.6 Å². The molecule has 0 radical (unpaired) electrons. The van der Waals surface area contributed by atoms with Crippen molar-refractivity contribution in [3.05, 3.63) is 75.3 Å². The number of carbonyl (C=O) groups excluding carboxylic acids is 2. The lowest BCUT2D eigenvalue weighted by molar-refractivity contribution is -0.384. The zero-order chi connectivity index (χ0) is 22.3. The normalized spacial score (nSPS) is 12.0. The minimum Gasteiger partial charge on any atom is -0.444 e. The zero-order valence-corrected chi connectivity index (χ0v) is 17.6. The number of aryl methyl sites for hydroxylation is 1. The lowest BCUT2D eigenvalue weighted by Gasteiger charge is -2.23. The van der Waals surface area contributed by atoms with Crippen molar-refractivity contribution in [2.45, 2.75) is 52.3 Å². The van der Waals surface area contributed by atoms with Crippen LogP contribution < -0.4 is 10.6 Å². The predicted molar refractivity (Wildman–Crippen MR) is 113 cm³/mol. The number of alkyl carbamates (subject to hydrolysis) is 1. The molecule has 2 N–H and O–H groups in total. The van der Waals surface area contributed by atoms with Crippen molar-refractivity contribution in [2.24, 2.45) is 0 Å². The second kappa shape index (κ2) is 9.87. The summed E-state index contributed by atoms with van der Waals surface area (Å²) in [5, 5.41) is 16.4. The van der Waals surface area contributed by atoms with Gasteiger partial charge in [0.25, 0.3) is 5.69 Å². The number of amides is 2. The van der Waals surface area contributed by atoms with Crippen LogP contribution in [0.25, 0.3) is 0 Å². The summed E-state index contributed by atoms with van der Waals surface area (Å²) in [4.78, 5) is 35.5. The molecule has 160 valence electrons. The standard InChI is InChI=1S/C22H27N3O5/c1-15-8-10-16(11-9-15)14-23-20(26)19(24-21(27)30-22(2,3)4)13-17-6-5-7-18(12-17)25(28)29/h5-12,19H,13-14H2,1-4H3,(H,23,26)(H,24,27)/t19-/m0/s1. The second-order valence-electron chi connectivity index (χ2n) is 8.03. The number of nitrogens with one attached hydrogen (secondary N) is 2. The molecule has 2 amide bonds. The van der Waals surface area contributed by atoms with Gasteiger partial charge in [-0.2, -0.15) is 0 Å². The molecule has 0 aliphatic carbocycles. The summed E-state index contributed by atoms with van der Waals surface area (Å²) >= 11 is 0. The average Bonchev–Trinajstić information content (AvgIpc) is 2.65. The van der Waals surface area contributed by atoms with Crippen LogP contribution in [0, 0.1) is 17.0 Å². The first-order valence-electron chi connectivity index (χ1n) is 9.59. The Morgan fingerprint density at radius 3 is 2.37 bits per heavy atom. The molecule has 1 atom stereocenters. The van der Waals surface area contributed by atoms with E-state index >= 15 is 0 Å². The molecular weight excluding hydrogens is 386 g/mol. The summed E-state index contributed by atoms with van der Waals surface area (Å²) in [6.07, 6.45) is -0.649. The molecule has 0 spiro atoms. The number of carbonyl (C=O) groups is 2. The van der Waals surface area contributed by atoms with E-state index < -0.39 is 28.6 Å². The van der Waals surface area contributed by atoms with Crippen molar-refractivity contribution in [3.63, 3.8) is 0 Å². The SMILES string of the molecule is Cc1ccc(CNC(=O)[C@H](Cc2cccc([N+](=O)[O-])c2)NC(=O)OC(C)(C)C)cc1. The Kier molecular flexibility index (Phi) is 7.52. The lowest BCUT2D eigenvalue weighted by atomic mass is 10.0. The van der Waals surface area contributed by atoms with E-state index in [9.17, 15) is 19.7 Å². The van der Waals surface area contributed by atoms with Crippen LogP contribution in [-0.4, -0.2) is 28.6 Å². The Hall–Kier alpha value is -3.42. The van der Waals surface area contributed by atoms with Crippen molar-refractivity contribution in [1.82, 2.24) is 10.6 Å². The van der Waals surface area contributed by atoms with Gasteiger partial charge in [0.1, 0.15) is 11.6 Å². The van der Waals surface area contributed by atoms with E-state index in [1.54, 1.807) is 32.9 Å². The molecule has 0 unspecified atom stereocenters. The maximum absolute atomic E-state index is 12.8. The number of ether oxygens (including phenoxy) is 1. The van der Waals surface area contributed by atoms with Gasteiger partial charge in [-0.25, -0.2) is 4.79 Å². The Labute approximate surface area is 175 Å². The van der Waals surface area contributed by atoms with Crippen molar-refractivity contribution < 1.29 is 19.2 Å². The number of non-ortho nitro benzene ring substituents is 1. The Morgan fingerprint density at radius 2 is 1.77 bits per heavy atom. The summed E-state index contributed by atoms with van der Waals surface area (Å²) in [5.74, 6) is -0.409. The van der Waals surface area contributed by atoms with Crippen molar-refractivity contribution >= 4 is 17.7 Å². The van der Waals surface area contributed by atoms with Gasteiger partial charge >= 0.3 is 6.09 Å². The fraction of sp³-hybridized carbons (Fsp3) is 0.364. The second-order valence-corrected chi connectivity index (χ2v) is 8.03. The number of nitro groups is 1. The highest BCUT2D eigenvalue weighted by Gasteiger charge is 2.25. The number of hydrogen-bond acceptors (Lipinski definition) is 5. The first kappa shape index (κ1) is 22.9. The number of nitrogens with zero attached hydrogens (tertiary/aromatic N) is 1. The predicted octanol–water partition coefficient (Wildman–Crippen LogP) is 3.66. The summed E-state index contributed by atoms with van der Waals surface area (Å²) in [5.41, 5.74) is 1.78. The quantitative estimate of drug-likeness (QED) is 0.532. The molecule has 0 saturated carbocycles.